The quantitative estimate of drug-likeness (QED) is 0.445. The number of carbonyl (C=O) groups is 2. The van der Waals surface area contributed by atoms with Gasteiger partial charge >= 0.3 is 5.97 Å². The Kier molecular flexibility index (Phi) is 4.46. The standard InChI is InChI=1S/C13H14O4/c1-4-5-17-12-7-10(9(2)14)6-11(8-12)13(15)16-3/h4,6-8H,1,5H2,2-3H3. The zero-order chi connectivity index (χ0) is 12.8. The average molecular weight is 234 g/mol. The first-order chi connectivity index (χ1) is 8.08. The molecule has 17 heavy (non-hydrogen) atoms. The number of methoxy groups -OCH3 is 1. The van der Waals surface area contributed by atoms with Crippen LogP contribution < -0.4 is 4.74 Å². The Morgan fingerprint density at radius 2 is 1.94 bits per heavy atom. The van der Waals surface area contributed by atoms with Crippen LogP contribution in [0, 0.1) is 0 Å². The molecule has 1 aromatic carbocycles. The minimum atomic E-state index is -0.503. The van der Waals surface area contributed by atoms with Gasteiger partial charge < -0.3 is 9.47 Å². The van der Waals surface area contributed by atoms with Crippen LogP contribution in [0.15, 0.2) is 30.9 Å². The maximum Gasteiger partial charge on any atom is 0.338 e. The predicted octanol–water partition coefficient (Wildman–Crippen LogP) is 2.24. The molecule has 0 bridgehead atoms. The van der Waals surface area contributed by atoms with E-state index in [2.05, 4.69) is 11.3 Å². The smallest absolute Gasteiger partial charge is 0.338 e. The number of rotatable bonds is 5. The van der Waals surface area contributed by atoms with E-state index in [-0.39, 0.29) is 5.78 Å². The van der Waals surface area contributed by atoms with Crippen molar-refractivity contribution in [2.24, 2.45) is 0 Å². The molecule has 0 amide bonds. The van der Waals surface area contributed by atoms with Gasteiger partial charge in [-0.1, -0.05) is 12.7 Å². The third kappa shape index (κ3) is 3.45. The number of esters is 1. The Labute approximate surface area is 99.8 Å². The van der Waals surface area contributed by atoms with Crippen molar-refractivity contribution in [1.29, 1.82) is 0 Å². The third-order valence-corrected chi connectivity index (χ3v) is 2.10. The Morgan fingerprint density at radius 1 is 1.29 bits per heavy atom. The fraction of sp³-hybridized carbons (Fsp3) is 0.231. The van der Waals surface area contributed by atoms with Gasteiger partial charge in [-0.2, -0.15) is 0 Å². The van der Waals surface area contributed by atoms with Crippen molar-refractivity contribution in [2.45, 2.75) is 6.92 Å². The van der Waals surface area contributed by atoms with Gasteiger partial charge in [0.1, 0.15) is 12.4 Å². The summed E-state index contributed by atoms with van der Waals surface area (Å²) in [5.41, 5.74) is 0.700. The molecule has 0 fully saturated rings. The van der Waals surface area contributed by atoms with Gasteiger partial charge in [-0.05, 0) is 25.1 Å². The lowest BCUT2D eigenvalue weighted by atomic mass is 10.1. The van der Waals surface area contributed by atoms with E-state index >= 15 is 0 Å². The van der Waals surface area contributed by atoms with Crippen LogP contribution in [-0.4, -0.2) is 25.5 Å². The lowest BCUT2D eigenvalue weighted by Gasteiger charge is -2.07. The molecule has 0 aliphatic rings. The molecule has 0 heterocycles. The topological polar surface area (TPSA) is 52.6 Å². The number of hydrogen-bond acceptors (Lipinski definition) is 4. The van der Waals surface area contributed by atoms with E-state index in [1.807, 2.05) is 0 Å². The first-order valence-corrected chi connectivity index (χ1v) is 5.06. The maximum atomic E-state index is 11.4. The van der Waals surface area contributed by atoms with Crippen LogP contribution in [0.5, 0.6) is 5.75 Å². The van der Waals surface area contributed by atoms with Crippen LogP contribution >= 0.6 is 0 Å². The highest BCUT2D eigenvalue weighted by atomic mass is 16.5. The van der Waals surface area contributed by atoms with E-state index in [1.165, 1.54) is 26.2 Å². The molecular weight excluding hydrogens is 220 g/mol. The van der Waals surface area contributed by atoms with E-state index in [0.717, 1.165) is 0 Å². The molecule has 90 valence electrons. The van der Waals surface area contributed by atoms with Crippen LogP contribution in [0.2, 0.25) is 0 Å². The normalized spacial score (nSPS) is 9.53. The Hall–Kier alpha value is -2.10. The number of ether oxygens (including phenoxy) is 2. The third-order valence-electron chi connectivity index (χ3n) is 2.10. The lowest BCUT2D eigenvalue weighted by Crippen LogP contribution is -2.05. The SMILES string of the molecule is C=CCOc1cc(C(C)=O)cc(C(=O)OC)c1. The van der Waals surface area contributed by atoms with Crippen molar-refractivity contribution in [3.05, 3.63) is 42.0 Å². The summed E-state index contributed by atoms with van der Waals surface area (Å²) < 4.78 is 9.91. The van der Waals surface area contributed by atoms with Gasteiger partial charge in [0, 0.05) is 5.56 Å². The summed E-state index contributed by atoms with van der Waals surface area (Å²) in [7, 11) is 1.28. The molecule has 0 saturated carbocycles. The van der Waals surface area contributed by atoms with Crippen molar-refractivity contribution in [3.8, 4) is 5.75 Å². The van der Waals surface area contributed by atoms with Crippen molar-refractivity contribution in [3.63, 3.8) is 0 Å². The zero-order valence-corrected chi connectivity index (χ0v) is 9.86. The van der Waals surface area contributed by atoms with Crippen molar-refractivity contribution < 1.29 is 19.1 Å². The number of carbonyl (C=O) groups excluding carboxylic acids is 2. The van der Waals surface area contributed by atoms with E-state index in [4.69, 9.17) is 4.74 Å². The lowest BCUT2D eigenvalue weighted by molar-refractivity contribution is 0.0600. The van der Waals surface area contributed by atoms with E-state index in [9.17, 15) is 9.59 Å². The average Bonchev–Trinajstić information content (AvgIpc) is 2.34. The summed E-state index contributed by atoms with van der Waals surface area (Å²) in [4.78, 5) is 22.7. The molecule has 0 unspecified atom stereocenters. The second-order valence-corrected chi connectivity index (χ2v) is 3.39. The van der Waals surface area contributed by atoms with Crippen LogP contribution in [-0.2, 0) is 4.74 Å². The molecule has 0 aliphatic heterocycles. The number of ketones is 1. The van der Waals surface area contributed by atoms with Gasteiger partial charge in [-0.25, -0.2) is 4.79 Å². The summed E-state index contributed by atoms with van der Waals surface area (Å²) in [5.74, 6) is -0.200. The highest BCUT2D eigenvalue weighted by Crippen LogP contribution is 2.18. The molecule has 0 aromatic heterocycles. The summed E-state index contributed by atoms with van der Waals surface area (Å²) in [6.45, 7) is 5.26. The molecule has 4 nitrogen and oxygen atoms in total. The molecule has 1 rings (SSSR count). The first-order valence-electron chi connectivity index (χ1n) is 5.06. The molecule has 0 radical (unpaired) electrons. The molecule has 4 heteroatoms. The van der Waals surface area contributed by atoms with Crippen LogP contribution in [0.1, 0.15) is 27.6 Å². The van der Waals surface area contributed by atoms with E-state index in [0.29, 0.717) is 23.5 Å². The molecule has 1 aromatic rings. The van der Waals surface area contributed by atoms with Gasteiger partial charge in [-0.3, -0.25) is 4.79 Å². The van der Waals surface area contributed by atoms with Gasteiger partial charge in [0.05, 0.1) is 12.7 Å². The second-order valence-electron chi connectivity index (χ2n) is 3.39. The van der Waals surface area contributed by atoms with Crippen LogP contribution in [0.25, 0.3) is 0 Å². The maximum absolute atomic E-state index is 11.4. The predicted molar refractivity (Wildman–Crippen MR) is 63.5 cm³/mol. The largest absolute Gasteiger partial charge is 0.490 e. The fourth-order valence-electron chi connectivity index (χ4n) is 1.28. The second kappa shape index (κ2) is 5.84. The zero-order valence-electron chi connectivity index (χ0n) is 9.86. The first kappa shape index (κ1) is 13.0. The van der Waals surface area contributed by atoms with Crippen molar-refractivity contribution >= 4 is 11.8 Å². The minimum Gasteiger partial charge on any atom is -0.490 e. The molecule has 0 aliphatic carbocycles. The summed E-state index contributed by atoms with van der Waals surface area (Å²) in [5, 5.41) is 0. The molecule has 0 saturated heterocycles. The Balaban J connectivity index is 3.13. The van der Waals surface area contributed by atoms with Crippen molar-refractivity contribution in [2.75, 3.05) is 13.7 Å². The molecule has 0 N–H and O–H groups in total. The Morgan fingerprint density at radius 3 is 2.47 bits per heavy atom. The molecule has 0 atom stereocenters. The highest BCUT2D eigenvalue weighted by molar-refractivity contribution is 5.98. The van der Waals surface area contributed by atoms with Crippen LogP contribution in [0.3, 0.4) is 0 Å². The number of Topliss-reactive ketones (excluding diaryl/α,β-unsaturated/α-hetero) is 1. The van der Waals surface area contributed by atoms with Crippen LogP contribution in [0.4, 0.5) is 0 Å². The van der Waals surface area contributed by atoms with E-state index < -0.39 is 5.97 Å². The van der Waals surface area contributed by atoms with Gasteiger partial charge in [0.2, 0.25) is 0 Å². The number of benzene rings is 1. The fourth-order valence-corrected chi connectivity index (χ4v) is 1.28. The van der Waals surface area contributed by atoms with Crippen molar-refractivity contribution in [1.82, 2.24) is 0 Å². The van der Waals surface area contributed by atoms with Gasteiger partial charge in [-0.15, -0.1) is 0 Å². The van der Waals surface area contributed by atoms with E-state index in [1.54, 1.807) is 12.1 Å². The summed E-state index contributed by atoms with van der Waals surface area (Å²) >= 11 is 0. The monoisotopic (exact) mass is 234 g/mol. The van der Waals surface area contributed by atoms with Gasteiger partial charge in [0.15, 0.2) is 5.78 Å². The Bertz CT molecular complexity index is 449. The highest BCUT2D eigenvalue weighted by Gasteiger charge is 2.11. The number of hydrogen-bond donors (Lipinski definition) is 0. The summed E-state index contributed by atoms with van der Waals surface area (Å²) in [6, 6.07) is 4.59. The van der Waals surface area contributed by atoms with Gasteiger partial charge in [0.25, 0.3) is 0 Å². The molecule has 0 spiro atoms. The minimum absolute atomic E-state index is 0.140. The summed E-state index contributed by atoms with van der Waals surface area (Å²) in [6.07, 6.45) is 1.58. The molecular formula is C13H14O4.